The van der Waals surface area contributed by atoms with Gasteiger partial charge in [0, 0.05) is 6.26 Å². The third-order valence-corrected chi connectivity index (χ3v) is 5.34. The molecule has 1 N–H and O–H groups in total. The summed E-state index contributed by atoms with van der Waals surface area (Å²) in [5.74, 6) is -0.468. The van der Waals surface area contributed by atoms with Gasteiger partial charge in [0.1, 0.15) is 4.90 Å². The van der Waals surface area contributed by atoms with Gasteiger partial charge < -0.3 is 9.84 Å². The van der Waals surface area contributed by atoms with Crippen LogP contribution < -0.4 is 4.74 Å². The third-order valence-electron chi connectivity index (χ3n) is 3.65. The standard InChI is InChI=1S/C14H17BrO5S/c1-20-14-11(15)5-9(6-12(14)21(2,18)19)10(7-13(16)17)8-3-4-8/h5-6,8,10H,3-4,7H2,1-2H3,(H,16,17). The van der Waals surface area contributed by atoms with Crippen LogP contribution in [0.2, 0.25) is 0 Å². The summed E-state index contributed by atoms with van der Waals surface area (Å²) in [5.41, 5.74) is 0.730. The minimum atomic E-state index is -3.46. The van der Waals surface area contributed by atoms with E-state index >= 15 is 0 Å². The van der Waals surface area contributed by atoms with E-state index in [-0.39, 0.29) is 23.0 Å². The lowest BCUT2D eigenvalue weighted by molar-refractivity contribution is -0.137. The molecule has 1 aromatic carbocycles. The molecule has 1 aliphatic carbocycles. The summed E-state index contributed by atoms with van der Waals surface area (Å²) in [6.07, 6.45) is 3.09. The Kier molecular flexibility index (Phi) is 4.63. The Morgan fingerprint density at radius 3 is 2.52 bits per heavy atom. The first-order chi connectivity index (χ1) is 9.74. The number of hydrogen-bond donors (Lipinski definition) is 1. The number of carbonyl (C=O) groups is 1. The fraction of sp³-hybridized carbons (Fsp3) is 0.500. The predicted octanol–water partition coefficient (Wildman–Crippen LogP) is 2.83. The van der Waals surface area contributed by atoms with Crippen LogP contribution in [0.1, 0.15) is 30.7 Å². The molecule has 0 amide bonds. The van der Waals surface area contributed by atoms with Crippen LogP contribution in [0.15, 0.2) is 21.5 Å². The first kappa shape index (κ1) is 16.3. The average molecular weight is 377 g/mol. The minimum Gasteiger partial charge on any atom is -0.494 e. The fourth-order valence-corrected chi connectivity index (χ4v) is 4.17. The first-order valence-corrected chi connectivity index (χ1v) is 9.21. The van der Waals surface area contributed by atoms with Crippen LogP contribution in [0, 0.1) is 5.92 Å². The van der Waals surface area contributed by atoms with Gasteiger partial charge in [-0.15, -0.1) is 0 Å². The van der Waals surface area contributed by atoms with Crippen molar-refractivity contribution in [2.24, 2.45) is 5.92 Å². The van der Waals surface area contributed by atoms with Gasteiger partial charge in [-0.3, -0.25) is 4.79 Å². The zero-order valence-corrected chi connectivity index (χ0v) is 14.2. The Balaban J connectivity index is 2.54. The van der Waals surface area contributed by atoms with E-state index in [1.165, 1.54) is 7.11 Å². The van der Waals surface area contributed by atoms with E-state index < -0.39 is 15.8 Å². The van der Waals surface area contributed by atoms with E-state index in [0.29, 0.717) is 10.4 Å². The Hall–Kier alpha value is -1.08. The van der Waals surface area contributed by atoms with Crippen molar-refractivity contribution in [1.82, 2.24) is 0 Å². The van der Waals surface area contributed by atoms with Crippen LogP contribution >= 0.6 is 15.9 Å². The smallest absolute Gasteiger partial charge is 0.303 e. The molecule has 116 valence electrons. The molecule has 1 unspecified atom stereocenters. The van der Waals surface area contributed by atoms with Crippen LogP contribution in [0.4, 0.5) is 0 Å². The Bertz CT molecular complexity index is 664. The lowest BCUT2D eigenvalue weighted by Crippen LogP contribution is -2.10. The summed E-state index contributed by atoms with van der Waals surface area (Å²) < 4.78 is 29.5. The van der Waals surface area contributed by atoms with Crippen LogP contribution in [0.3, 0.4) is 0 Å². The lowest BCUT2D eigenvalue weighted by Gasteiger charge is -2.18. The molecule has 0 radical (unpaired) electrons. The quantitative estimate of drug-likeness (QED) is 0.825. The molecule has 1 saturated carbocycles. The fourth-order valence-electron chi connectivity index (χ4n) is 2.52. The number of rotatable bonds is 6. The largest absolute Gasteiger partial charge is 0.494 e. The summed E-state index contributed by atoms with van der Waals surface area (Å²) in [6.45, 7) is 0. The highest BCUT2D eigenvalue weighted by molar-refractivity contribution is 9.10. The highest BCUT2D eigenvalue weighted by Gasteiger charge is 2.35. The number of carboxylic acid groups (broad SMARTS) is 1. The van der Waals surface area contributed by atoms with Crippen molar-refractivity contribution in [2.75, 3.05) is 13.4 Å². The minimum absolute atomic E-state index is 0.00658. The summed E-state index contributed by atoms with van der Waals surface area (Å²) >= 11 is 3.32. The number of sulfone groups is 1. The molecule has 0 heterocycles. The van der Waals surface area contributed by atoms with Gasteiger partial charge in [-0.05, 0) is 58.3 Å². The highest BCUT2D eigenvalue weighted by atomic mass is 79.9. The van der Waals surface area contributed by atoms with Crippen molar-refractivity contribution in [3.8, 4) is 5.75 Å². The van der Waals surface area contributed by atoms with E-state index in [4.69, 9.17) is 9.84 Å². The summed E-state index contributed by atoms with van der Waals surface area (Å²) in [4.78, 5) is 11.1. The van der Waals surface area contributed by atoms with Crippen molar-refractivity contribution >= 4 is 31.7 Å². The molecule has 2 rings (SSSR count). The van der Waals surface area contributed by atoms with Crippen molar-refractivity contribution in [3.05, 3.63) is 22.2 Å². The SMILES string of the molecule is COc1c(Br)cc(C(CC(=O)O)C2CC2)cc1S(C)(=O)=O. The maximum atomic E-state index is 11.9. The number of benzene rings is 1. The molecule has 0 aromatic heterocycles. The number of halogens is 1. The third kappa shape index (κ3) is 3.77. The van der Waals surface area contributed by atoms with E-state index in [0.717, 1.165) is 24.7 Å². The Labute approximate surface area is 132 Å². The molecule has 21 heavy (non-hydrogen) atoms. The topological polar surface area (TPSA) is 80.7 Å². The normalized spacial score (nSPS) is 16.5. The van der Waals surface area contributed by atoms with E-state index in [9.17, 15) is 13.2 Å². The van der Waals surface area contributed by atoms with Crippen LogP contribution in [-0.4, -0.2) is 32.9 Å². The summed E-state index contributed by atoms with van der Waals surface area (Å²) in [7, 11) is -2.05. The molecular weight excluding hydrogens is 360 g/mol. The molecule has 0 bridgehead atoms. The van der Waals surface area contributed by atoms with Crippen molar-refractivity contribution in [3.63, 3.8) is 0 Å². The van der Waals surface area contributed by atoms with Crippen LogP contribution in [0.5, 0.6) is 5.75 Å². The van der Waals surface area contributed by atoms with Crippen molar-refractivity contribution in [2.45, 2.75) is 30.1 Å². The maximum Gasteiger partial charge on any atom is 0.303 e. The predicted molar refractivity (Wildman–Crippen MR) is 81.5 cm³/mol. The Morgan fingerprint density at radius 2 is 2.10 bits per heavy atom. The first-order valence-electron chi connectivity index (χ1n) is 6.53. The van der Waals surface area contributed by atoms with Crippen molar-refractivity contribution in [1.29, 1.82) is 0 Å². The molecule has 0 aliphatic heterocycles. The summed E-state index contributed by atoms with van der Waals surface area (Å²) in [5, 5.41) is 9.07. The lowest BCUT2D eigenvalue weighted by atomic mass is 9.91. The summed E-state index contributed by atoms with van der Waals surface area (Å²) in [6, 6.07) is 3.31. The van der Waals surface area contributed by atoms with Gasteiger partial charge in [0.05, 0.1) is 18.0 Å². The van der Waals surface area contributed by atoms with Gasteiger partial charge in [0.25, 0.3) is 0 Å². The Morgan fingerprint density at radius 1 is 1.48 bits per heavy atom. The van der Waals surface area contributed by atoms with Crippen LogP contribution in [0.25, 0.3) is 0 Å². The molecule has 1 aliphatic rings. The molecule has 5 nitrogen and oxygen atoms in total. The second-order valence-corrected chi connectivity index (χ2v) is 8.19. The highest BCUT2D eigenvalue weighted by Crippen LogP contribution is 2.46. The van der Waals surface area contributed by atoms with Crippen molar-refractivity contribution < 1.29 is 23.1 Å². The van der Waals surface area contributed by atoms with Crippen LogP contribution in [-0.2, 0) is 14.6 Å². The van der Waals surface area contributed by atoms with Gasteiger partial charge >= 0.3 is 5.97 Å². The van der Waals surface area contributed by atoms with Gasteiger partial charge in [-0.25, -0.2) is 8.42 Å². The van der Waals surface area contributed by atoms with Gasteiger partial charge in [-0.1, -0.05) is 0 Å². The monoisotopic (exact) mass is 376 g/mol. The molecule has 0 spiro atoms. The second kappa shape index (κ2) is 5.96. The number of hydrogen-bond acceptors (Lipinski definition) is 4. The molecule has 7 heteroatoms. The molecule has 1 aromatic rings. The van der Waals surface area contributed by atoms with E-state index in [1.54, 1.807) is 12.1 Å². The number of carboxylic acids is 1. The van der Waals surface area contributed by atoms with Gasteiger partial charge in [0.15, 0.2) is 15.6 Å². The second-order valence-electron chi connectivity index (χ2n) is 5.35. The zero-order chi connectivity index (χ0) is 15.8. The van der Waals surface area contributed by atoms with Gasteiger partial charge in [-0.2, -0.15) is 0 Å². The number of aliphatic carboxylic acids is 1. The number of methoxy groups -OCH3 is 1. The van der Waals surface area contributed by atoms with E-state index in [1.807, 2.05) is 0 Å². The molecule has 1 atom stereocenters. The maximum absolute atomic E-state index is 11.9. The number of ether oxygens (including phenoxy) is 1. The van der Waals surface area contributed by atoms with E-state index in [2.05, 4.69) is 15.9 Å². The average Bonchev–Trinajstić information content (AvgIpc) is 3.17. The molecule has 0 saturated heterocycles. The zero-order valence-electron chi connectivity index (χ0n) is 11.8. The molecular formula is C14H17BrO5S. The van der Waals surface area contributed by atoms with Gasteiger partial charge in [0.2, 0.25) is 0 Å². The molecule has 1 fully saturated rings.